The lowest BCUT2D eigenvalue weighted by Gasteiger charge is -2.43. The summed E-state index contributed by atoms with van der Waals surface area (Å²) >= 11 is 0. The number of rotatable bonds is 6. The van der Waals surface area contributed by atoms with Gasteiger partial charge in [0.25, 0.3) is 0 Å². The van der Waals surface area contributed by atoms with E-state index in [9.17, 15) is 5.11 Å². The van der Waals surface area contributed by atoms with Gasteiger partial charge in [-0.15, -0.1) is 0 Å². The Kier molecular flexibility index (Phi) is 5.84. The van der Waals surface area contributed by atoms with Crippen LogP contribution in [0.15, 0.2) is 24.3 Å². The van der Waals surface area contributed by atoms with Crippen LogP contribution < -0.4 is 15.0 Å². The van der Waals surface area contributed by atoms with Gasteiger partial charge in [0.1, 0.15) is 12.3 Å². The lowest BCUT2D eigenvalue weighted by atomic mass is 9.77. The maximum atomic E-state index is 10.9. The quantitative estimate of drug-likeness (QED) is 0.639. The van der Waals surface area contributed by atoms with Crippen molar-refractivity contribution in [1.82, 2.24) is 0 Å². The fourth-order valence-electron chi connectivity index (χ4n) is 3.51. The van der Waals surface area contributed by atoms with Crippen LogP contribution in [-0.4, -0.2) is 44.0 Å². The molecule has 0 radical (unpaired) electrons. The summed E-state index contributed by atoms with van der Waals surface area (Å²) < 4.78 is 5.17. The van der Waals surface area contributed by atoms with E-state index in [1.54, 1.807) is 12.0 Å². The van der Waals surface area contributed by atoms with Crippen molar-refractivity contribution in [3.8, 4) is 5.75 Å². The molecule has 1 unspecified atom stereocenters. The van der Waals surface area contributed by atoms with Crippen molar-refractivity contribution in [2.75, 3.05) is 27.2 Å². The summed E-state index contributed by atoms with van der Waals surface area (Å²) in [5.74, 6) is 1.27. The highest BCUT2D eigenvalue weighted by molar-refractivity contribution is 5.26. The van der Waals surface area contributed by atoms with Crippen molar-refractivity contribution in [2.24, 2.45) is 5.92 Å². The highest BCUT2D eigenvalue weighted by Gasteiger charge is 2.43. The molecule has 1 heterocycles. The van der Waals surface area contributed by atoms with Crippen molar-refractivity contribution in [2.45, 2.75) is 44.9 Å². The molecule has 0 spiro atoms. The minimum absolute atomic E-state index is 0.373. The summed E-state index contributed by atoms with van der Waals surface area (Å²) in [6.07, 6.45) is 1.79. The van der Waals surface area contributed by atoms with Gasteiger partial charge in [-0.1, -0.05) is 6.92 Å². The Morgan fingerprint density at radius 2 is 2.00 bits per heavy atom. The first-order valence-corrected chi connectivity index (χ1v) is 8.44. The molecule has 1 aromatic carbocycles. The fourth-order valence-corrected chi connectivity index (χ4v) is 3.51. The van der Waals surface area contributed by atoms with Crippen LogP contribution >= 0.6 is 0 Å². The molecule has 22 heavy (non-hydrogen) atoms. The molecule has 1 fully saturated rings. The van der Waals surface area contributed by atoms with E-state index in [0.29, 0.717) is 12.0 Å². The third kappa shape index (κ3) is 4.22. The zero-order valence-electron chi connectivity index (χ0n) is 14.4. The maximum absolute atomic E-state index is 10.9. The molecule has 4 nitrogen and oxygen atoms in total. The van der Waals surface area contributed by atoms with Crippen LogP contribution in [0, 0.1) is 5.92 Å². The van der Waals surface area contributed by atoms with Crippen molar-refractivity contribution < 1.29 is 20.1 Å². The van der Waals surface area contributed by atoms with Gasteiger partial charge in [-0.2, -0.15) is 0 Å². The van der Waals surface area contributed by atoms with E-state index in [-0.39, 0.29) is 0 Å². The summed E-state index contributed by atoms with van der Waals surface area (Å²) in [6, 6.07) is 8.75. The SMILES string of the molecule is COc1ccc(C[NH2+]CC[C@]2(O)C[C@H](C)[NH+](C)C[C@@H]2C)cc1. The zero-order valence-corrected chi connectivity index (χ0v) is 14.4. The Morgan fingerprint density at radius 1 is 1.32 bits per heavy atom. The molecule has 0 saturated carbocycles. The molecule has 4 heteroatoms. The van der Waals surface area contributed by atoms with Gasteiger partial charge < -0.3 is 20.1 Å². The summed E-state index contributed by atoms with van der Waals surface area (Å²) in [5.41, 5.74) is 0.803. The minimum Gasteiger partial charge on any atom is -0.497 e. The molecule has 1 aromatic rings. The minimum atomic E-state index is -0.491. The number of quaternary nitrogens is 2. The predicted octanol–water partition coefficient (Wildman–Crippen LogP) is -0.177. The second kappa shape index (κ2) is 7.44. The normalized spacial score (nSPS) is 32.0. The number of methoxy groups -OCH3 is 1. The van der Waals surface area contributed by atoms with Crippen LogP contribution in [0.3, 0.4) is 0 Å². The van der Waals surface area contributed by atoms with Gasteiger partial charge in [-0.25, -0.2) is 0 Å². The van der Waals surface area contributed by atoms with Crippen LogP contribution in [0.2, 0.25) is 0 Å². The summed E-state index contributed by atoms with van der Waals surface area (Å²) in [6.45, 7) is 7.43. The largest absolute Gasteiger partial charge is 0.497 e. The molecule has 2 rings (SSSR count). The lowest BCUT2D eigenvalue weighted by molar-refractivity contribution is -0.916. The van der Waals surface area contributed by atoms with E-state index in [1.165, 1.54) is 5.56 Å². The van der Waals surface area contributed by atoms with Crippen LogP contribution in [0.5, 0.6) is 5.75 Å². The molecule has 1 saturated heterocycles. The number of nitrogens with two attached hydrogens (primary N) is 1. The zero-order chi connectivity index (χ0) is 16.2. The Balaban J connectivity index is 1.77. The van der Waals surface area contributed by atoms with Crippen molar-refractivity contribution >= 4 is 0 Å². The van der Waals surface area contributed by atoms with E-state index in [2.05, 4.69) is 38.3 Å². The first-order valence-electron chi connectivity index (χ1n) is 8.44. The van der Waals surface area contributed by atoms with Gasteiger partial charge in [0.15, 0.2) is 0 Å². The van der Waals surface area contributed by atoms with Gasteiger partial charge in [0.2, 0.25) is 0 Å². The molecular formula is C18H32N2O2+2. The molecule has 4 atom stereocenters. The number of aliphatic hydroxyl groups is 1. The smallest absolute Gasteiger partial charge is 0.118 e. The van der Waals surface area contributed by atoms with E-state index in [4.69, 9.17) is 4.74 Å². The van der Waals surface area contributed by atoms with Crippen LogP contribution in [0.25, 0.3) is 0 Å². The third-order valence-electron chi connectivity index (χ3n) is 5.37. The Labute approximate surface area is 134 Å². The van der Waals surface area contributed by atoms with Crippen LogP contribution in [-0.2, 0) is 6.54 Å². The van der Waals surface area contributed by atoms with Crippen LogP contribution in [0.1, 0.15) is 32.3 Å². The Morgan fingerprint density at radius 3 is 2.64 bits per heavy atom. The van der Waals surface area contributed by atoms with E-state index >= 15 is 0 Å². The predicted molar refractivity (Wildman–Crippen MR) is 88.1 cm³/mol. The summed E-state index contributed by atoms with van der Waals surface area (Å²) in [5, 5.41) is 13.2. The molecular weight excluding hydrogens is 276 g/mol. The van der Waals surface area contributed by atoms with Gasteiger partial charge in [0, 0.05) is 24.3 Å². The molecule has 1 aliphatic rings. The lowest BCUT2D eigenvalue weighted by Crippen LogP contribution is -3.15. The van der Waals surface area contributed by atoms with Gasteiger partial charge >= 0.3 is 0 Å². The number of hydrogen-bond donors (Lipinski definition) is 3. The Hall–Kier alpha value is -1.10. The first-order chi connectivity index (χ1) is 10.4. The summed E-state index contributed by atoms with van der Waals surface area (Å²) in [7, 11) is 3.92. The number of nitrogens with one attached hydrogen (secondary N) is 1. The van der Waals surface area contributed by atoms with Gasteiger partial charge in [-0.05, 0) is 31.2 Å². The molecule has 0 bridgehead atoms. The monoisotopic (exact) mass is 308 g/mol. The van der Waals surface area contributed by atoms with Gasteiger partial charge in [0.05, 0.1) is 38.9 Å². The van der Waals surface area contributed by atoms with Crippen molar-refractivity contribution in [1.29, 1.82) is 0 Å². The Bertz CT molecular complexity index is 463. The molecule has 4 N–H and O–H groups in total. The second-order valence-corrected chi connectivity index (χ2v) is 7.04. The first kappa shape index (κ1) is 17.3. The molecule has 124 valence electrons. The van der Waals surface area contributed by atoms with E-state index in [0.717, 1.165) is 38.2 Å². The van der Waals surface area contributed by atoms with Crippen molar-refractivity contribution in [3.05, 3.63) is 29.8 Å². The van der Waals surface area contributed by atoms with Crippen molar-refractivity contribution in [3.63, 3.8) is 0 Å². The fraction of sp³-hybridized carbons (Fsp3) is 0.667. The highest BCUT2D eigenvalue weighted by atomic mass is 16.5. The molecule has 0 amide bonds. The maximum Gasteiger partial charge on any atom is 0.118 e. The van der Waals surface area contributed by atoms with E-state index in [1.807, 2.05) is 12.1 Å². The number of hydrogen-bond acceptors (Lipinski definition) is 2. The van der Waals surface area contributed by atoms with E-state index < -0.39 is 5.60 Å². The standard InChI is InChI=1S/C18H30N2O2/c1-14-13-20(3)15(2)11-18(14,21)9-10-19-12-16-5-7-17(22-4)8-6-16/h5-8,14-15,19,21H,9-13H2,1-4H3/p+2/t14-,15-,18-/m0/s1. The number of piperidine rings is 1. The molecule has 0 aliphatic carbocycles. The number of benzene rings is 1. The number of ether oxygens (including phenoxy) is 1. The third-order valence-corrected chi connectivity index (χ3v) is 5.37. The van der Waals surface area contributed by atoms with Gasteiger partial charge in [-0.3, -0.25) is 0 Å². The average Bonchev–Trinajstić information content (AvgIpc) is 2.50. The van der Waals surface area contributed by atoms with Crippen LogP contribution in [0.4, 0.5) is 0 Å². The molecule has 0 aromatic heterocycles. The topological polar surface area (TPSA) is 50.5 Å². The average molecular weight is 308 g/mol. The number of likely N-dealkylation sites (tertiary alicyclic amines) is 1. The second-order valence-electron chi connectivity index (χ2n) is 7.04. The molecule has 1 aliphatic heterocycles. The highest BCUT2D eigenvalue weighted by Crippen LogP contribution is 2.27. The summed E-state index contributed by atoms with van der Waals surface area (Å²) in [4.78, 5) is 1.54.